The fraction of sp³-hybridized carbons (Fsp3) is 0.778. The van der Waals surface area contributed by atoms with Crippen LogP contribution >= 0.6 is 0 Å². The molecule has 0 unspecified atom stereocenters. The van der Waals surface area contributed by atoms with E-state index >= 15 is 0 Å². The van der Waals surface area contributed by atoms with Crippen LogP contribution in [0.25, 0.3) is 0 Å². The standard InChI is InChI=1S/C9H17NO3/c1-10(2)6-8-13-9(12)5-3-4-7-11/h7H,3-6,8H2,1-2H3. The number of rotatable bonds is 7. The number of ether oxygens (including phenoxy) is 1. The minimum atomic E-state index is -0.219. The van der Waals surface area contributed by atoms with Crippen LogP contribution in [0.2, 0.25) is 0 Å². The van der Waals surface area contributed by atoms with E-state index in [9.17, 15) is 9.59 Å². The van der Waals surface area contributed by atoms with Crippen LogP contribution in [-0.4, -0.2) is 44.4 Å². The van der Waals surface area contributed by atoms with E-state index in [-0.39, 0.29) is 5.97 Å². The first-order chi connectivity index (χ1) is 6.16. The molecule has 0 amide bonds. The molecule has 13 heavy (non-hydrogen) atoms. The maximum absolute atomic E-state index is 10.9. The lowest BCUT2D eigenvalue weighted by molar-refractivity contribution is -0.144. The van der Waals surface area contributed by atoms with E-state index in [1.54, 1.807) is 0 Å². The van der Waals surface area contributed by atoms with Crippen molar-refractivity contribution in [2.75, 3.05) is 27.2 Å². The van der Waals surface area contributed by atoms with E-state index in [1.807, 2.05) is 19.0 Å². The quantitative estimate of drug-likeness (QED) is 0.330. The van der Waals surface area contributed by atoms with Gasteiger partial charge in [-0.1, -0.05) is 0 Å². The smallest absolute Gasteiger partial charge is 0.305 e. The number of unbranched alkanes of at least 4 members (excludes halogenated alkanes) is 1. The van der Waals surface area contributed by atoms with Crippen LogP contribution in [0, 0.1) is 0 Å². The van der Waals surface area contributed by atoms with Crippen molar-refractivity contribution in [1.82, 2.24) is 4.90 Å². The number of esters is 1. The number of hydrogen-bond acceptors (Lipinski definition) is 4. The molecule has 0 aliphatic heterocycles. The topological polar surface area (TPSA) is 46.6 Å². The van der Waals surface area contributed by atoms with Crippen molar-refractivity contribution in [3.8, 4) is 0 Å². The van der Waals surface area contributed by atoms with Crippen LogP contribution in [0.3, 0.4) is 0 Å². The van der Waals surface area contributed by atoms with Gasteiger partial charge in [-0.15, -0.1) is 0 Å². The molecule has 0 fully saturated rings. The summed E-state index contributed by atoms with van der Waals surface area (Å²) in [5.41, 5.74) is 0. The molecule has 0 radical (unpaired) electrons. The summed E-state index contributed by atoms with van der Waals surface area (Å²) in [5.74, 6) is -0.219. The number of hydrogen-bond donors (Lipinski definition) is 0. The predicted molar refractivity (Wildman–Crippen MR) is 49.4 cm³/mol. The summed E-state index contributed by atoms with van der Waals surface area (Å²) in [5, 5.41) is 0. The molecule has 4 heteroatoms. The fourth-order valence-electron chi connectivity index (χ4n) is 0.744. The number of nitrogens with zero attached hydrogens (tertiary/aromatic N) is 1. The van der Waals surface area contributed by atoms with Gasteiger partial charge in [0.15, 0.2) is 0 Å². The molecule has 0 heterocycles. The van der Waals surface area contributed by atoms with E-state index in [4.69, 9.17) is 4.74 Å². The Bertz CT molecular complexity index is 157. The molecular weight excluding hydrogens is 170 g/mol. The summed E-state index contributed by atoms with van der Waals surface area (Å²) in [7, 11) is 3.83. The van der Waals surface area contributed by atoms with Crippen LogP contribution in [-0.2, 0) is 14.3 Å². The van der Waals surface area contributed by atoms with Crippen LogP contribution in [0.4, 0.5) is 0 Å². The van der Waals surface area contributed by atoms with Gasteiger partial charge in [0.25, 0.3) is 0 Å². The highest BCUT2D eigenvalue weighted by Gasteiger charge is 2.01. The van der Waals surface area contributed by atoms with Gasteiger partial charge in [-0.2, -0.15) is 0 Å². The third-order valence-electron chi connectivity index (χ3n) is 1.50. The molecule has 0 aliphatic rings. The Morgan fingerprint density at radius 1 is 1.46 bits per heavy atom. The summed E-state index contributed by atoms with van der Waals surface area (Å²) < 4.78 is 4.90. The van der Waals surface area contributed by atoms with Crippen molar-refractivity contribution >= 4 is 12.3 Å². The van der Waals surface area contributed by atoms with Crippen molar-refractivity contribution in [2.24, 2.45) is 0 Å². The number of likely N-dealkylation sites (N-methyl/N-ethyl adjacent to an activating group) is 1. The van der Waals surface area contributed by atoms with Crippen molar-refractivity contribution in [1.29, 1.82) is 0 Å². The summed E-state index contributed by atoms with van der Waals surface area (Å²) in [6, 6.07) is 0. The zero-order valence-corrected chi connectivity index (χ0v) is 8.28. The van der Waals surface area contributed by atoms with Gasteiger partial charge >= 0.3 is 5.97 Å². The van der Waals surface area contributed by atoms with Gasteiger partial charge in [-0.3, -0.25) is 4.79 Å². The highest BCUT2D eigenvalue weighted by molar-refractivity contribution is 5.69. The van der Waals surface area contributed by atoms with Crippen molar-refractivity contribution in [2.45, 2.75) is 19.3 Å². The largest absolute Gasteiger partial charge is 0.464 e. The van der Waals surface area contributed by atoms with Crippen LogP contribution in [0.5, 0.6) is 0 Å². The number of carbonyl (C=O) groups excluding carboxylic acids is 2. The second kappa shape index (κ2) is 7.73. The molecule has 76 valence electrons. The lowest BCUT2D eigenvalue weighted by Crippen LogP contribution is -2.20. The molecule has 0 N–H and O–H groups in total. The first-order valence-electron chi connectivity index (χ1n) is 4.41. The maximum atomic E-state index is 10.9. The second-order valence-electron chi connectivity index (χ2n) is 3.08. The molecule has 0 aromatic heterocycles. The minimum absolute atomic E-state index is 0.219. The first kappa shape index (κ1) is 12.1. The van der Waals surface area contributed by atoms with Crippen molar-refractivity contribution in [3.63, 3.8) is 0 Å². The molecule has 4 nitrogen and oxygen atoms in total. The Balaban J connectivity index is 3.25. The van der Waals surface area contributed by atoms with E-state index in [1.165, 1.54) is 0 Å². The first-order valence-corrected chi connectivity index (χ1v) is 4.41. The van der Waals surface area contributed by atoms with Gasteiger partial charge in [0.05, 0.1) is 0 Å². The SMILES string of the molecule is CN(C)CCOC(=O)CCCC=O. The Morgan fingerprint density at radius 2 is 2.15 bits per heavy atom. The van der Waals surface area contributed by atoms with Crippen LogP contribution in [0.1, 0.15) is 19.3 Å². The van der Waals surface area contributed by atoms with E-state index in [0.717, 1.165) is 12.8 Å². The molecule has 0 saturated heterocycles. The molecule has 0 aromatic rings. The molecule has 0 spiro atoms. The highest BCUT2D eigenvalue weighted by Crippen LogP contribution is 1.95. The Morgan fingerprint density at radius 3 is 2.69 bits per heavy atom. The van der Waals surface area contributed by atoms with Crippen molar-refractivity contribution < 1.29 is 14.3 Å². The zero-order valence-electron chi connectivity index (χ0n) is 8.28. The average Bonchev–Trinajstić information content (AvgIpc) is 2.04. The Hall–Kier alpha value is -0.900. The lowest BCUT2D eigenvalue weighted by Gasteiger charge is -2.09. The normalized spacial score (nSPS) is 10.1. The average molecular weight is 187 g/mol. The molecule has 0 rings (SSSR count). The Kier molecular flexibility index (Phi) is 7.20. The molecule has 0 aromatic carbocycles. The number of aldehydes is 1. The molecule has 0 atom stereocenters. The van der Waals surface area contributed by atoms with Gasteiger partial charge < -0.3 is 14.4 Å². The molecule has 0 aliphatic carbocycles. The lowest BCUT2D eigenvalue weighted by atomic mass is 10.2. The van der Waals surface area contributed by atoms with Crippen LogP contribution in [0.15, 0.2) is 0 Å². The number of carbonyl (C=O) groups is 2. The molecule has 0 bridgehead atoms. The fourth-order valence-corrected chi connectivity index (χ4v) is 0.744. The zero-order chi connectivity index (χ0) is 10.1. The summed E-state index contributed by atoms with van der Waals surface area (Å²) in [6.45, 7) is 1.16. The molecular formula is C9H17NO3. The summed E-state index contributed by atoms with van der Waals surface area (Å²) in [4.78, 5) is 22.8. The Labute approximate surface area is 78.9 Å². The van der Waals surface area contributed by atoms with E-state index in [2.05, 4.69) is 0 Å². The van der Waals surface area contributed by atoms with Crippen LogP contribution < -0.4 is 0 Å². The third kappa shape index (κ3) is 9.01. The van der Waals surface area contributed by atoms with Gasteiger partial charge in [0.1, 0.15) is 12.9 Å². The summed E-state index contributed by atoms with van der Waals surface area (Å²) >= 11 is 0. The van der Waals surface area contributed by atoms with E-state index < -0.39 is 0 Å². The maximum Gasteiger partial charge on any atom is 0.305 e. The van der Waals surface area contributed by atoms with Gasteiger partial charge in [0, 0.05) is 19.4 Å². The third-order valence-corrected chi connectivity index (χ3v) is 1.50. The highest BCUT2D eigenvalue weighted by atomic mass is 16.5. The summed E-state index contributed by atoms with van der Waals surface area (Å²) in [6.07, 6.45) is 2.17. The van der Waals surface area contributed by atoms with Gasteiger partial charge in [0.2, 0.25) is 0 Å². The second-order valence-corrected chi connectivity index (χ2v) is 3.08. The monoisotopic (exact) mass is 187 g/mol. The van der Waals surface area contributed by atoms with Crippen molar-refractivity contribution in [3.05, 3.63) is 0 Å². The predicted octanol–water partition coefficient (Wildman–Crippen LogP) is 0.460. The minimum Gasteiger partial charge on any atom is -0.464 e. The van der Waals surface area contributed by atoms with Gasteiger partial charge in [-0.05, 0) is 20.5 Å². The molecule has 0 saturated carbocycles. The van der Waals surface area contributed by atoms with Gasteiger partial charge in [-0.25, -0.2) is 0 Å². The van der Waals surface area contributed by atoms with E-state index in [0.29, 0.717) is 25.9 Å².